The van der Waals surface area contributed by atoms with E-state index >= 15 is 0 Å². The molecule has 0 radical (unpaired) electrons. The summed E-state index contributed by atoms with van der Waals surface area (Å²) in [7, 11) is 0. The van der Waals surface area contributed by atoms with E-state index in [1.807, 2.05) is 6.07 Å². The predicted octanol–water partition coefficient (Wildman–Crippen LogP) is 0.773. The minimum absolute atomic E-state index is 0.0114. The Hall–Kier alpha value is -1.82. The van der Waals surface area contributed by atoms with E-state index in [-0.39, 0.29) is 12.4 Å². The first-order chi connectivity index (χ1) is 8.60. The van der Waals surface area contributed by atoms with E-state index in [1.165, 1.54) is 0 Å². The molecule has 0 aliphatic heterocycles. The van der Waals surface area contributed by atoms with Gasteiger partial charge < -0.3 is 20.9 Å². The molecule has 0 saturated carbocycles. The van der Waals surface area contributed by atoms with Crippen LogP contribution in [0.3, 0.4) is 0 Å². The molecule has 0 atom stereocenters. The number of nitrogens with two attached hydrogens (primary N) is 1. The number of aliphatic hydroxyl groups is 1. The van der Waals surface area contributed by atoms with Gasteiger partial charge in [-0.3, -0.25) is 4.98 Å². The Morgan fingerprint density at radius 1 is 1.56 bits per heavy atom. The van der Waals surface area contributed by atoms with Crippen LogP contribution in [0.5, 0.6) is 0 Å². The number of aromatic nitrogens is 1. The quantitative estimate of drug-likeness (QED) is 0.301. The van der Waals surface area contributed by atoms with Crippen molar-refractivity contribution in [3.8, 4) is 0 Å². The molecule has 1 rings (SSSR count). The Morgan fingerprint density at radius 2 is 2.28 bits per heavy atom. The van der Waals surface area contributed by atoms with Crippen molar-refractivity contribution < 1.29 is 10.3 Å². The van der Waals surface area contributed by atoms with Gasteiger partial charge in [0.25, 0.3) is 0 Å². The molecular weight excluding hydrogens is 232 g/mol. The Bertz CT molecular complexity index is 407. The fourth-order valence-electron chi connectivity index (χ4n) is 1.72. The molecule has 0 fully saturated rings. The normalized spacial score (nSPS) is 11.9. The van der Waals surface area contributed by atoms with Gasteiger partial charge in [0, 0.05) is 31.1 Å². The average Bonchev–Trinajstić information content (AvgIpc) is 2.38. The van der Waals surface area contributed by atoms with Gasteiger partial charge in [0.05, 0.1) is 0 Å². The highest BCUT2D eigenvalue weighted by Gasteiger charge is 2.12. The topological polar surface area (TPSA) is 95.0 Å². The molecule has 1 heterocycles. The number of nitrogens with zero attached hydrogens (tertiary/aromatic N) is 3. The van der Waals surface area contributed by atoms with Crippen LogP contribution in [-0.4, -0.2) is 40.3 Å². The molecule has 0 amide bonds. The first-order valence-corrected chi connectivity index (χ1v) is 5.91. The summed E-state index contributed by atoms with van der Waals surface area (Å²) >= 11 is 0. The van der Waals surface area contributed by atoms with Gasteiger partial charge in [0.2, 0.25) is 0 Å². The monoisotopic (exact) mass is 252 g/mol. The van der Waals surface area contributed by atoms with E-state index in [1.54, 1.807) is 12.3 Å². The van der Waals surface area contributed by atoms with Crippen molar-refractivity contribution in [2.45, 2.75) is 26.3 Å². The summed E-state index contributed by atoms with van der Waals surface area (Å²) < 4.78 is 0. The van der Waals surface area contributed by atoms with Gasteiger partial charge in [0.15, 0.2) is 5.84 Å². The second-order valence-electron chi connectivity index (χ2n) is 4.25. The van der Waals surface area contributed by atoms with Crippen LogP contribution < -0.4 is 10.6 Å². The molecule has 0 saturated heterocycles. The molecule has 18 heavy (non-hydrogen) atoms. The molecule has 0 spiro atoms. The molecule has 0 unspecified atom stereocenters. The Kier molecular flexibility index (Phi) is 5.38. The summed E-state index contributed by atoms with van der Waals surface area (Å²) in [4.78, 5) is 6.17. The highest BCUT2D eigenvalue weighted by atomic mass is 16.4. The smallest absolute Gasteiger partial charge is 0.188 e. The van der Waals surface area contributed by atoms with E-state index in [9.17, 15) is 0 Å². The maximum atomic E-state index is 8.91. The van der Waals surface area contributed by atoms with Crippen LogP contribution in [0.2, 0.25) is 0 Å². The third-order valence-electron chi connectivity index (χ3n) is 2.63. The number of pyridine rings is 1. The van der Waals surface area contributed by atoms with Crippen LogP contribution in [-0.2, 0) is 0 Å². The fourth-order valence-corrected chi connectivity index (χ4v) is 1.72. The minimum atomic E-state index is -0.0114. The van der Waals surface area contributed by atoms with Gasteiger partial charge >= 0.3 is 0 Å². The molecule has 6 nitrogen and oxygen atoms in total. The van der Waals surface area contributed by atoms with E-state index in [0.29, 0.717) is 18.2 Å². The van der Waals surface area contributed by atoms with Gasteiger partial charge in [-0.15, -0.1) is 0 Å². The molecule has 0 aliphatic carbocycles. The third kappa shape index (κ3) is 3.59. The predicted molar refractivity (Wildman–Crippen MR) is 70.9 cm³/mol. The van der Waals surface area contributed by atoms with Crippen molar-refractivity contribution >= 4 is 11.5 Å². The number of aliphatic hydroxyl groups excluding tert-OH is 1. The molecule has 0 bridgehead atoms. The lowest BCUT2D eigenvalue weighted by atomic mass is 10.2. The summed E-state index contributed by atoms with van der Waals surface area (Å²) in [5.74, 6) is -0.0114. The minimum Gasteiger partial charge on any atom is -0.409 e. The lowest BCUT2D eigenvalue weighted by Gasteiger charge is -2.29. The third-order valence-corrected chi connectivity index (χ3v) is 2.63. The molecule has 0 aromatic carbocycles. The standard InChI is InChI=1S/C12H20N4O2/c1-9(2)16(6-3-7-17)10-4-5-14-11(8-10)12(13)15-18/h4-5,8-9,17-18H,3,6-7H2,1-2H3,(H2,13,15). The number of rotatable bonds is 6. The van der Waals surface area contributed by atoms with Crippen LogP contribution in [0.25, 0.3) is 0 Å². The van der Waals surface area contributed by atoms with Crippen molar-refractivity contribution in [2.24, 2.45) is 10.9 Å². The van der Waals surface area contributed by atoms with Crippen molar-refractivity contribution in [1.82, 2.24) is 4.98 Å². The summed E-state index contributed by atoms with van der Waals surface area (Å²) in [5, 5.41) is 20.5. The second-order valence-corrected chi connectivity index (χ2v) is 4.25. The summed E-state index contributed by atoms with van der Waals surface area (Å²) in [6.45, 7) is 5.04. The van der Waals surface area contributed by atoms with Gasteiger partial charge in [-0.05, 0) is 32.4 Å². The maximum Gasteiger partial charge on any atom is 0.188 e. The van der Waals surface area contributed by atoms with Crippen LogP contribution in [0.1, 0.15) is 26.0 Å². The molecular formula is C12H20N4O2. The average molecular weight is 252 g/mol. The zero-order valence-electron chi connectivity index (χ0n) is 10.7. The summed E-state index contributed by atoms with van der Waals surface area (Å²) in [6, 6.07) is 3.93. The Balaban J connectivity index is 2.98. The summed E-state index contributed by atoms with van der Waals surface area (Å²) in [6.07, 6.45) is 2.32. The highest BCUT2D eigenvalue weighted by Crippen LogP contribution is 2.17. The van der Waals surface area contributed by atoms with Crippen LogP contribution in [0, 0.1) is 0 Å². The lowest BCUT2D eigenvalue weighted by Crippen LogP contribution is -2.32. The molecule has 100 valence electrons. The first-order valence-electron chi connectivity index (χ1n) is 5.91. The molecule has 6 heteroatoms. The first kappa shape index (κ1) is 14.2. The number of hydrogen-bond donors (Lipinski definition) is 3. The van der Waals surface area contributed by atoms with Gasteiger partial charge in [-0.1, -0.05) is 5.16 Å². The van der Waals surface area contributed by atoms with Gasteiger partial charge in [0.1, 0.15) is 5.69 Å². The van der Waals surface area contributed by atoms with E-state index in [0.717, 1.165) is 12.2 Å². The van der Waals surface area contributed by atoms with Crippen LogP contribution in [0.15, 0.2) is 23.5 Å². The molecule has 1 aromatic rings. The molecule has 0 aliphatic rings. The fraction of sp³-hybridized carbons (Fsp3) is 0.500. The zero-order valence-corrected chi connectivity index (χ0v) is 10.7. The van der Waals surface area contributed by atoms with Crippen molar-refractivity contribution in [3.05, 3.63) is 24.0 Å². The zero-order chi connectivity index (χ0) is 13.5. The van der Waals surface area contributed by atoms with Crippen molar-refractivity contribution in [1.29, 1.82) is 0 Å². The van der Waals surface area contributed by atoms with Crippen LogP contribution >= 0.6 is 0 Å². The van der Waals surface area contributed by atoms with Crippen molar-refractivity contribution in [2.75, 3.05) is 18.1 Å². The molecule has 4 N–H and O–H groups in total. The SMILES string of the molecule is CC(C)N(CCCO)c1ccnc(C(N)=NO)c1. The molecule has 1 aromatic heterocycles. The Morgan fingerprint density at radius 3 is 2.83 bits per heavy atom. The number of anilines is 1. The largest absolute Gasteiger partial charge is 0.409 e. The lowest BCUT2D eigenvalue weighted by molar-refractivity contribution is 0.288. The van der Waals surface area contributed by atoms with E-state index in [2.05, 4.69) is 28.9 Å². The van der Waals surface area contributed by atoms with Gasteiger partial charge in [-0.2, -0.15) is 0 Å². The van der Waals surface area contributed by atoms with Gasteiger partial charge in [-0.25, -0.2) is 0 Å². The van der Waals surface area contributed by atoms with Crippen LogP contribution in [0.4, 0.5) is 5.69 Å². The van der Waals surface area contributed by atoms with Crippen molar-refractivity contribution in [3.63, 3.8) is 0 Å². The van der Waals surface area contributed by atoms with E-state index in [4.69, 9.17) is 16.0 Å². The highest BCUT2D eigenvalue weighted by molar-refractivity contribution is 5.95. The Labute approximate surface area is 107 Å². The van der Waals surface area contributed by atoms with E-state index < -0.39 is 0 Å². The number of oxime groups is 1. The summed E-state index contributed by atoms with van der Waals surface area (Å²) in [5.41, 5.74) is 6.89. The second kappa shape index (κ2) is 6.80. The maximum absolute atomic E-state index is 8.91. The number of amidine groups is 1. The number of hydrogen-bond acceptors (Lipinski definition) is 5.